The van der Waals surface area contributed by atoms with E-state index in [4.69, 9.17) is 0 Å². The molecular weight excluding hydrogens is 492 g/mol. The number of rotatable bonds is 11. The molecule has 0 aliphatic heterocycles. The summed E-state index contributed by atoms with van der Waals surface area (Å²) in [5.74, 6) is 1.86. The van der Waals surface area contributed by atoms with Crippen LogP contribution in [0.15, 0.2) is 42.0 Å². The van der Waals surface area contributed by atoms with Crippen LogP contribution < -0.4 is 16.0 Å². The lowest BCUT2D eigenvalue weighted by atomic mass is 9.84. The van der Waals surface area contributed by atoms with Gasteiger partial charge in [-0.05, 0) is 61.9 Å². The number of aromatic nitrogens is 1. The van der Waals surface area contributed by atoms with Crippen molar-refractivity contribution in [2.45, 2.75) is 121 Å². The van der Waals surface area contributed by atoms with E-state index in [0.717, 1.165) is 48.5 Å². The SMILES string of the molecule is CC.CC.CC.CCCCC.CCNCCNc1ccc2c(NC(=O)CC3C=C(C(C)C)CCC3)cccc2n1. The van der Waals surface area contributed by atoms with Crippen molar-refractivity contribution in [2.24, 2.45) is 11.8 Å². The van der Waals surface area contributed by atoms with Crippen LogP contribution in [0.4, 0.5) is 11.5 Å². The van der Waals surface area contributed by atoms with Crippen LogP contribution in [0.5, 0.6) is 0 Å². The van der Waals surface area contributed by atoms with Crippen LogP contribution in [0, 0.1) is 11.8 Å². The first kappa shape index (κ1) is 39.7. The molecule has 5 heteroatoms. The molecule has 0 spiro atoms. The smallest absolute Gasteiger partial charge is 0.224 e. The van der Waals surface area contributed by atoms with E-state index in [-0.39, 0.29) is 5.91 Å². The van der Waals surface area contributed by atoms with Gasteiger partial charge < -0.3 is 16.0 Å². The van der Waals surface area contributed by atoms with Gasteiger partial charge in [-0.1, -0.05) is 113 Å². The minimum Gasteiger partial charge on any atom is -0.369 e. The number of benzene rings is 1. The van der Waals surface area contributed by atoms with Gasteiger partial charge in [0.2, 0.25) is 5.91 Å². The molecule has 0 radical (unpaired) electrons. The van der Waals surface area contributed by atoms with Gasteiger partial charge in [0.05, 0.1) is 11.2 Å². The number of anilines is 2. The van der Waals surface area contributed by atoms with Crippen LogP contribution >= 0.6 is 0 Å². The highest BCUT2D eigenvalue weighted by atomic mass is 16.1. The zero-order valence-corrected chi connectivity index (χ0v) is 28.0. The molecule has 0 fully saturated rings. The van der Waals surface area contributed by atoms with Crippen molar-refractivity contribution in [2.75, 3.05) is 30.3 Å². The molecule has 2 aromatic rings. The minimum absolute atomic E-state index is 0.0802. The van der Waals surface area contributed by atoms with Gasteiger partial charge in [0.25, 0.3) is 0 Å². The zero-order valence-electron chi connectivity index (χ0n) is 28.0. The molecule has 0 saturated carbocycles. The van der Waals surface area contributed by atoms with Crippen LogP contribution in [0.2, 0.25) is 0 Å². The first-order valence-electron chi connectivity index (χ1n) is 16.3. The van der Waals surface area contributed by atoms with Crippen molar-refractivity contribution < 1.29 is 4.79 Å². The van der Waals surface area contributed by atoms with Crippen molar-refractivity contribution in [3.05, 3.63) is 42.0 Å². The Bertz CT molecular complexity index is 905. The first-order chi connectivity index (χ1) is 19.5. The number of carbonyl (C=O) groups is 1. The Morgan fingerprint density at radius 2 is 1.62 bits per heavy atom. The fourth-order valence-corrected chi connectivity index (χ4v) is 4.29. The molecule has 3 N–H and O–H groups in total. The van der Waals surface area contributed by atoms with Crippen molar-refractivity contribution in [3.63, 3.8) is 0 Å². The lowest BCUT2D eigenvalue weighted by molar-refractivity contribution is -0.116. The summed E-state index contributed by atoms with van der Waals surface area (Å²) in [6, 6.07) is 9.90. The zero-order chi connectivity index (χ0) is 30.8. The third-order valence-electron chi connectivity index (χ3n) is 6.25. The van der Waals surface area contributed by atoms with Crippen LogP contribution in [0.25, 0.3) is 10.9 Å². The Balaban J connectivity index is 0. The van der Waals surface area contributed by atoms with Crippen molar-refractivity contribution in [1.82, 2.24) is 10.3 Å². The Morgan fingerprint density at radius 1 is 0.950 bits per heavy atom. The quantitative estimate of drug-likeness (QED) is 0.190. The van der Waals surface area contributed by atoms with Gasteiger partial charge in [0.15, 0.2) is 0 Å². The molecule has 230 valence electrons. The van der Waals surface area contributed by atoms with E-state index in [1.54, 1.807) is 0 Å². The van der Waals surface area contributed by atoms with Gasteiger partial charge in [-0.3, -0.25) is 4.79 Å². The summed E-state index contributed by atoms with van der Waals surface area (Å²) in [5, 5.41) is 10.7. The van der Waals surface area contributed by atoms with Gasteiger partial charge in [-0.15, -0.1) is 0 Å². The van der Waals surface area contributed by atoms with E-state index in [9.17, 15) is 4.79 Å². The van der Waals surface area contributed by atoms with Crippen LogP contribution in [-0.2, 0) is 4.79 Å². The predicted octanol–water partition coefficient (Wildman–Crippen LogP) is 10.2. The molecule has 1 aromatic carbocycles. The fraction of sp³-hybridized carbons (Fsp3) is 0.657. The van der Waals surface area contributed by atoms with Gasteiger partial charge >= 0.3 is 0 Å². The molecule has 5 nitrogen and oxygen atoms in total. The average Bonchev–Trinajstić information content (AvgIpc) is 2.99. The van der Waals surface area contributed by atoms with Gasteiger partial charge in [0, 0.05) is 24.9 Å². The largest absolute Gasteiger partial charge is 0.369 e. The molecule has 0 bridgehead atoms. The summed E-state index contributed by atoms with van der Waals surface area (Å²) < 4.78 is 0. The first-order valence-corrected chi connectivity index (χ1v) is 16.3. The molecule has 1 aliphatic rings. The molecule has 3 rings (SSSR count). The minimum atomic E-state index is 0.0802. The topological polar surface area (TPSA) is 66.0 Å². The summed E-state index contributed by atoms with van der Waals surface area (Å²) in [6.07, 6.45) is 10.4. The second-order valence-corrected chi connectivity index (χ2v) is 9.50. The van der Waals surface area contributed by atoms with Crippen molar-refractivity contribution in [3.8, 4) is 0 Å². The molecule has 1 unspecified atom stereocenters. The number of nitrogens with one attached hydrogen (secondary N) is 3. The number of fused-ring (bicyclic) bond motifs is 1. The maximum absolute atomic E-state index is 12.7. The molecule has 1 heterocycles. The third-order valence-corrected chi connectivity index (χ3v) is 6.25. The second-order valence-electron chi connectivity index (χ2n) is 9.50. The Morgan fingerprint density at radius 3 is 2.20 bits per heavy atom. The Kier molecular flexibility index (Phi) is 26.6. The van der Waals surface area contributed by atoms with Gasteiger partial charge in [0.1, 0.15) is 5.82 Å². The summed E-state index contributed by atoms with van der Waals surface area (Å²) in [4.78, 5) is 17.4. The number of allylic oxidation sites excluding steroid dienone is 2. The second kappa shape index (κ2) is 26.8. The van der Waals surface area contributed by atoms with Crippen molar-refractivity contribution in [1.29, 1.82) is 0 Å². The van der Waals surface area contributed by atoms with E-state index in [0.29, 0.717) is 18.3 Å². The summed E-state index contributed by atoms with van der Waals surface area (Å²) >= 11 is 0. The van der Waals surface area contributed by atoms with Gasteiger partial charge in [-0.2, -0.15) is 0 Å². The number of nitrogens with zero attached hydrogens (tertiary/aromatic N) is 1. The number of likely N-dealkylation sites (N-methyl/N-ethyl adjacent to an activating group) is 1. The van der Waals surface area contributed by atoms with E-state index in [1.165, 1.54) is 37.7 Å². The van der Waals surface area contributed by atoms with E-state index in [1.807, 2.05) is 71.9 Å². The summed E-state index contributed by atoms with van der Waals surface area (Å²) in [5.41, 5.74) is 3.22. The maximum Gasteiger partial charge on any atom is 0.224 e. The number of amides is 1. The number of hydrogen-bond donors (Lipinski definition) is 3. The highest BCUT2D eigenvalue weighted by molar-refractivity contribution is 6.01. The number of hydrogen-bond acceptors (Lipinski definition) is 4. The monoisotopic (exact) mass is 557 g/mol. The molecular formula is C35H64N4O. The van der Waals surface area contributed by atoms with Crippen molar-refractivity contribution >= 4 is 28.3 Å². The van der Waals surface area contributed by atoms with Crippen LogP contribution in [-0.4, -0.2) is 30.5 Å². The molecule has 1 aromatic heterocycles. The standard InChI is InChI=1S/C24H34N4O.C5H12.3C2H6/c1-4-25-13-14-26-23-12-11-20-21(27-23)9-6-10-22(20)28-24(29)16-18-7-5-8-19(15-18)17(2)3;1-3-5-4-2;3*1-2/h6,9-12,15,17-18,25H,4-5,7-8,13-14,16H2,1-3H3,(H,26,27)(H,28,29);3-5H2,1-2H3;3*1-2H3. The highest BCUT2D eigenvalue weighted by Crippen LogP contribution is 2.30. The lowest BCUT2D eigenvalue weighted by Crippen LogP contribution is -2.21. The molecule has 1 amide bonds. The van der Waals surface area contributed by atoms with Crippen LogP contribution in [0.3, 0.4) is 0 Å². The van der Waals surface area contributed by atoms with Crippen LogP contribution in [0.1, 0.15) is 121 Å². The van der Waals surface area contributed by atoms with E-state index in [2.05, 4.69) is 61.6 Å². The number of unbranched alkanes of at least 4 members (excludes halogenated alkanes) is 2. The molecule has 40 heavy (non-hydrogen) atoms. The van der Waals surface area contributed by atoms with E-state index >= 15 is 0 Å². The predicted molar refractivity (Wildman–Crippen MR) is 182 cm³/mol. The Labute approximate surface area is 248 Å². The highest BCUT2D eigenvalue weighted by Gasteiger charge is 2.19. The number of carbonyl (C=O) groups excluding carboxylic acids is 1. The molecule has 1 aliphatic carbocycles. The molecule has 1 atom stereocenters. The third kappa shape index (κ3) is 16.6. The van der Waals surface area contributed by atoms with E-state index < -0.39 is 0 Å². The van der Waals surface area contributed by atoms with Gasteiger partial charge in [-0.25, -0.2) is 4.98 Å². The summed E-state index contributed by atoms with van der Waals surface area (Å²) in [6.45, 7) is 25.7. The fourth-order valence-electron chi connectivity index (χ4n) is 4.29. The average molecular weight is 557 g/mol. The maximum atomic E-state index is 12.7. The lowest BCUT2D eigenvalue weighted by Gasteiger charge is -2.23. The normalized spacial score (nSPS) is 13.6. The summed E-state index contributed by atoms with van der Waals surface area (Å²) in [7, 11) is 0. The number of pyridine rings is 1. The molecule has 0 saturated heterocycles. The Hall–Kier alpha value is -2.40.